The fraction of sp³-hybridized carbons (Fsp3) is 0.222. The maximum Gasteiger partial charge on any atom is 0.266 e. The van der Waals surface area contributed by atoms with Gasteiger partial charge in [-0.15, -0.1) is 0 Å². The average Bonchev–Trinajstić information content (AvgIpc) is 2.54. The Morgan fingerprint density at radius 2 is 1.91 bits per heavy atom. The zero-order chi connectivity index (χ0) is 15.7. The molecule has 0 amide bonds. The summed E-state index contributed by atoms with van der Waals surface area (Å²) in [7, 11) is 1.61. The molecule has 0 radical (unpaired) electrons. The predicted molar refractivity (Wildman–Crippen MR) is 88.0 cm³/mol. The smallest absolute Gasteiger partial charge is 0.266 e. The first-order chi connectivity index (χ1) is 10.7. The molecule has 2 aromatic carbocycles. The molecule has 1 aromatic heterocycles. The second-order valence-electron chi connectivity index (χ2n) is 5.16. The molecular formula is C18H18N2O2. The Hall–Kier alpha value is -2.62. The lowest BCUT2D eigenvalue weighted by Gasteiger charge is -2.15. The summed E-state index contributed by atoms with van der Waals surface area (Å²) in [6.07, 6.45) is 0.664. The molecule has 3 rings (SSSR count). The van der Waals surface area contributed by atoms with Crippen LogP contribution >= 0.6 is 0 Å². The summed E-state index contributed by atoms with van der Waals surface area (Å²) in [5.41, 5.74) is 2.35. The molecule has 0 bridgehead atoms. The number of aryl methyl sites for hydroxylation is 2. The molecule has 0 atom stereocenters. The summed E-state index contributed by atoms with van der Waals surface area (Å²) in [5, 5.41) is 0.658. The van der Waals surface area contributed by atoms with Crippen LogP contribution in [0.5, 0.6) is 5.75 Å². The molecule has 3 aromatic rings. The fourth-order valence-corrected chi connectivity index (χ4v) is 2.74. The van der Waals surface area contributed by atoms with E-state index in [9.17, 15) is 4.79 Å². The predicted octanol–water partition coefficient (Wildman–Crippen LogP) is 3.27. The van der Waals surface area contributed by atoms with E-state index in [2.05, 4.69) is 4.98 Å². The molecular weight excluding hydrogens is 276 g/mol. The van der Waals surface area contributed by atoms with Gasteiger partial charge in [-0.1, -0.05) is 31.2 Å². The van der Waals surface area contributed by atoms with Crippen LogP contribution < -0.4 is 10.3 Å². The van der Waals surface area contributed by atoms with E-state index in [0.29, 0.717) is 17.6 Å². The highest BCUT2D eigenvalue weighted by molar-refractivity contribution is 5.81. The van der Waals surface area contributed by atoms with Gasteiger partial charge in [-0.2, -0.15) is 0 Å². The summed E-state index contributed by atoms with van der Waals surface area (Å²) < 4.78 is 7.07. The highest BCUT2D eigenvalue weighted by Gasteiger charge is 2.15. The van der Waals surface area contributed by atoms with Crippen molar-refractivity contribution >= 4 is 10.9 Å². The number of rotatable bonds is 3. The molecule has 0 spiro atoms. The SMILES string of the molecule is CCc1nc2cccc(C)c2c(=O)n1-c1ccccc1OC. The van der Waals surface area contributed by atoms with Gasteiger partial charge < -0.3 is 4.74 Å². The Bertz CT molecular complexity index is 897. The number of benzene rings is 2. The molecule has 22 heavy (non-hydrogen) atoms. The summed E-state index contributed by atoms with van der Waals surface area (Å²) >= 11 is 0. The van der Waals surface area contributed by atoms with Gasteiger partial charge in [-0.25, -0.2) is 4.98 Å². The standard InChI is InChI=1S/C18H18N2O2/c1-4-16-19-13-9-7-8-12(2)17(13)18(21)20(16)14-10-5-6-11-15(14)22-3/h5-11H,4H2,1-3H3. The van der Waals surface area contributed by atoms with E-state index < -0.39 is 0 Å². The number of ether oxygens (including phenoxy) is 1. The van der Waals surface area contributed by atoms with E-state index in [-0.39, 0.29) is 5.56 Å². The van der Waals surface area contributed by atoms with E-state index in [0.717, 1.165) is 22.6 Å². The zero-order valence-corrected chi connectivity index (χ0v) is 13.0. The van der Waals surface area contributed by atoms with Crippen molar-refractivity contribution in [3.05, 3.63) is 64.2 Å². The molecule has 0 N–H and O–H groups in total. The lowest BCUT2D eigenvalue weighted by Crippen LogP contribution is -2.24. The van der Waals surface area contributed by atoms with E-state index in [1.807, 2.05) is 56.3 Å². The molecule has 112 valence electrons. The van der Waals surface area contributed by atoms with Gasteiger partial charge in [0.1, 0.15) is 11.6 Å². The number of fused-ring (bicyclic) bond motifs is 1. The average molecular weight is 294 g/mol. The normalized spacial score (nSPS) is 10.9. The molecule has 0 saturated carbocycles. The van der Waals surface area contributed by atoms with Crippen molar-refractivity contribution in [2.75, 3.05) is 7.11 Å². The summed E-state index contributed by atoms with van der Waals surface area (Å²) in [5.74, 6) is 1.39. The van der Waals surface area contributed by atoms with Crippen LogP contribution in [0.2, 0.25) is 0 Å². The number of para-hydroxylation sites is 2. The molecule has 0 saturated heterocycles. The molecule has 0 aliphatic heterocycles. The number of hydrogen-bond donors (Lipinski definition) is 0. The Morgan fingerprint density at radius 3 is 2.64 bits per heavy atom. The Balaban J connectivity index is 2.45. The maximum absolute atomic E-state index is 13.1. The van der Waals surface area contributed by atoms with Crippen molar-refractivity contribution in [2.45, 2.75) is 20.3 Å². The van der Waals surface area contributed by atoms with Crippen LogP contribution in [-0.4, -0.2) is 16.7 Å². The van der Waals surface area contributed by atoms with Crippen LogP contribution in [0.25, 0.3) is 16.6 Å². The van der Waals surface area contributed by atoms with Gasteiger partial charge in [-0.05, 0) is 30.7 Å². The molecule has 4 nitrogen and oxygen atoms in total. The van der Waals surface area contributed by atoms with Crippen molar-refractivity contribution in [2.24, 2.45) is 0 Å². The third-order valence-electron chi connectivity index (χ3n) is 3.82. The van der Waals surface area contributed by atoms with Crippen LogP contribution in [0.3, 0.4) is 0 Å². The van der Waals surface area contributed by atoms with Crippen LogP contribution in [0.15, 0.2) is 47.3 Å². The van der Waals surface area contributed by atoms with Gasteiger partial charge in [0.2, 0.25) is 0 Å². The molecule has 0 unspecified atom stereocenters. The Labute approximate surface area is 129 Å². The largest absolute Gasteiger partial charge is 0.495 e. The lowest BCUT2D eigenvalue weighted by atomic mass is 10.1. The van der Waals surface area contributed by atoms with Crippen LogP contribution in [0.1, 0.15) is 18.3 Å². The highest BCUT2D eigenvalue weighted by atomic mass is 16.5. The minimum absolute atomic E-state index is 0.0514. The second kappa shape index (κ2) is 5.64. The Morgan fingerprint density at radius 1 is 1.14 bits per heavy atom. The maximum atomic E-state index is 13.1. The third kappa shape index (κ3) is 2.17. The van der Waals surface area contributed by atoms with Gasteiger partial charge in [0.25, 0.3) is 5.56 Å². The molecule has 4 heteroatoms. The number of methoxy groups -OCH3 is 1. The van der Waals surface area contributed by atoms with Crippen molar-refractivity contribution < 1.29 is 4.74 Å². The molecule has 0 aliphatic rings. The second-order valence-corrected chi connectivity index (χ2v) is 5.16. The quantitative estimate of drug-likeness (QED) is 0.744. The van der Waals surface area contributed by atoms with Crippen molar-refractivity contribution in [3.63, 3.8) is 0 Å². The van der Waals surface area contributed by atoms with Crippen molar-refractivity contribution in [1.82, 2.24) is 9.55 Å². The topological polar surface area (TPSA) is 44.1 Å². The van der Waals surface area contributed by atoms with E-state index in [1.54, 1.807) is 11.7 Å². The van der Waals surface area contributed by atoms with Gasteiger partial charge >= 0.3 is 0 Å². The summed E-state index contributed by atoms with van der Waals surface area (Å²) in [6.45, 7) is 3.93. The van der Waals surface area contributed by atoms with E-state index in [4.69, 9.17) is 4.74 Å². The number of aromatic nitrogens is 2. The van der Waals surface area contributed by atoms with E-state index >= 15 is 0 Å². The first kappa shape index (κ1) is 14.3. The van der Waals surface area contributed by atoms with E-state index in [1.165, 1.54) is 0 Å². The summed E-state index contributed by atoms with van der Waals surface area (Å²) in [6, 6.07) is 13.3. The minimum atomic E-state index is -0.0514. The van der Waals surface area contributed by atoms with Gasteiger partial charge in [0.15, 0.2) is 0 Å². The first-order valence-corrected chi connectivity index (χ1v) is 7.32. The monoisotopic (exact) mass is 294 g/mol. The van der Waals surface area contributed by atoms with Gasteiger partial charge in [-0.3, -0.25) is 9.36 Å². The number of nitrogens with zero attached hydrogens (tertiary/aromatic N) is 2. The van der Waals surface area contributed by atoms with Crippen molar-refractivity contribution in [1.29, 1.82) is 0 Å². The van der Waals surface area contributed by atoms with Crippen molar-refractivity contribution in [3.8, 4) is 11.4 Å². The Kier molecular flexibility index (Phi) is 3.67. The van der Waals surface area contributed by atoms with Gasteiger partial charge in [0.05, 0.1) is 23.7 Å². The summed E-state index contributed by atoms with van der Waals surface area (Å²) in [4.78, 5) is 17.7. The van der Waals surface area contributed by atoms with Crippen LogP contribution in [0, 0.1) is 6.92 Å². The fourth-order valence-electron chi connectivity index (χ4n) is 2.74. The van der Waals surface area contributed by atoms with Gasteiger partial charge in [0, 0.05) is 6.42 Å². The minimum Gasteiger partial charge on any atom is -0.495 e. The van der Waals surface area contributed by atoms with Crippen LogP contribution in [-0.2, 0) is 6.42 Å². The molecule has 0 aliphatic carbocycles. The zero-order valence-electron chi connectivity index (χ0n) is 13.0. The third-order valence-corrected chi connectivity index (χ3v) is 3.82. The first-order valence-electron chi connectivity index (χ1n) is 7.32. The van der Waals surface area contributed by atoms with Crippen LogP contribution in [0.4, 0.5) is 0 Å². The molecule has 1 heterocycles. The lowest BCUT2D eigenvalue weighted by molar-refractivity contribution is 0.412. The highest BCUT2D eigenvalue weighted by Crippen LogP contribution is 2.23. The molecule has 0 fully saturated rings. The number of hydrogen-bond acceptors (Lipinski definition) is 3.